The molecule has 3 rings (SSSR count). The minimum atomic E-state index is 0.991. The van der Waals surface area contributed by atoms with Crippen molar-refractivity contribution in [2.24, 2.45) is 0 Å². The average molecular weight is 186 g/mol. The second kappa shape index (κ2) is 2.90. The molecule has 0 aromatic carbocycles. The zero-order valence-electron chi connectivity index (χ0n) is 7.72. The maximum absolute atomic E-state index is 4.30. The average Bonchev–Trinajstić information content (AvgIpc) is 2.88. The summed E-state index contributed by atoms with van der Waals surface area (Å²) in [5.41, 5.74) is 2.48. The summed E-state index contributed by atoms with van der Waals surface area (Å²) in [4.78, 5) is 12.6. The molecule has 4 nitrogen and oxygen atoms in total. The van der Waals surface area contributed by atoms with Crippen molar-refractivity contribution in [2.45, 2.75) is 19.3 Å². The van der Waals surface area contributed by atoms with Gasteiger partial charge in [0, 0.05) is 23.7 Å². The third kappa shape index (κ3) is 1.04. The lowest BCUT2D eigenvalue weighted by molar-refractivity contribution is 0.895. The molecule has 0 bridgehead atoms. The molecule has 0 fully saturated rings. The van der Waals surface area contributed by atoms with E-state index in [2.05, 4.69) is 15.0 Å². The molecule has 0 radical (unpaired) electrons. The summed E-state index contributed by atoms with van der Waals surface area (Å²) in [5.74, 6) is 0.991. The van der Waals surface area contributed by atoms with Crippen molar-refractivity contribution in [3.63, 3.8) is 0 Å². The van der Waals surface area contributed by atoms with Gasteiger partial charge >= 0.3 is 0 Å². The molecule has 2 aromatic heterocycles. The van der Waals surface area contributed by atoms with Crippen molar-refractivity contribution in [1.82, 2.24) is 19.5 Å². The van der Waals surface area contributed by atoms with E-state index in [1.165, 1.54) is 17.7 Å². The van der Waals surface area contributed by atoms with Crippen LogP contribution < -0.4 is 0 Å². The van der Waals surface area contributed by atoms with E-state index in [1.54, 1.807) is 18.9 Å². The lowest BCUT2D eigenvalue weighted by Gasteiger charge is -2.05. The second-order valence-corrected chi connectivity index (χ2v) is 3.45. The minimum Gasteiger partial charge on any atom is -0.290 e. The summed E-state index contributed by atoms with van der Waals surface area (Å²) in [6.45, 7) is 0. The van der Waals surface area contributed by atoms with Crippen molar-refractivity contribution in [3.8, 4) is 5.82 Å². The van der Waals surface area contributed by atoms with Crippen molar-refractivity contribution < 1.29 is 0 Å². The van der Waals surface area contributed by atoms with Crippen molar-refractivity contribution in [1.29, 1.82) is 0 Å². The van der Waals surface area contributed by atoms with Gasteiger partial charge in [-0.05, 0) is 19.3 Å². The van der Waals surface area contributed by atoms with Gasteiger partial charge < -0.3 is 0 Å². The number of hydrogen-bond acceptors (Lipinski definition) is 3. The first-order chi connectivity index (χ1) is 6.95. The summed E-state index contributed by atoms with van der Waals surface area (Å²) in [7, 11) is 0. The molecule has 0 saturated carbocycles. The zero-order valence-corrected chi connectivity index (χ0v) is 7.72. The van der Waals surface area contributed by atoms with Gasteiger partial charge in [0.2, 0.25) is 0 Å². The third-order valence-corrected chi connectivity index (χ3v) is 2.60. The van der Waals surface area contributed by atoms with E-state index < -0.39 is 0 Å². The maximum Gasteiger partial charge on any atom is 0.144 e. The highest BCUT2D eigenvalue weighted by Crippen LogP contribution is 2.23. The van der Waals surface area contributed by atoms with Gasteiger partial charge in [0.05, 0.1) is 0 Å². The van der Waals surface area contributed by atoms with Crippen LogP contribution in [-0.4, -0.2) is 19.5 Å². The van der Waals surface area contributed by atoms with Crippen LogP contribution in [0.4, 0.5) is 0 Å². The van der Waals surface area contributed by atoms with Crippen LogP contribution in [-0.2, 0) is 12.8 Å². The first kappa shape index (κ1) is 7.67. The molecule has 0 saturated heterocycles. The monoisotopic (exact) mass is 186 g/mol. The van der Waals surface area contributed by atoms with Crippen LogP contribution in [0.5, 0.6) is 0 Å². The standard InChI is InChI=1S/C10H10N4/c1-2-8-9(3-1)12-6-13-10(8)14-5-4-11-7-14/h4-7H,1-3H2. The molecule has 2 aromatic rings. The number of aryl methyl sites for hydroxylation is 1. The van der Waals surface area contributed by atoms with Gasteiger partial charge in [-0.2, -0.15) is 0 Å². The van der Waals surface area contributed by atoms with Gasteiger partial charge in [-0.3, -0.25) is 4.57 Å². The lowest BCUT2D eigenvalue weighted by Crippen LogP contribution is -2.01. The van der Waals surface area contributed by atoms with Gasteiger partial charge in [0.1, 0.15) is 18.5 Å². The Bertz CT molecular complexity index is 447. The fourth-order valence-corrected chi connectivity index (χ4v) is 1.95. The van der Waals surface area contributed by atoms with Gasteiger partial charge in [0.15, 0.2) is 0 Å². The maximum atomic E-state index is 4.30. The Hall–Kier alpha value is -1.71. The molecule has 1 aliphatic carbocycles. The first-order valence-corrected chi connectivity index (χ1v) is 4.76. The van der Waals surface area contributed by atoms with Crippen LogP contribution in [0.2, 0.25) is 0 Å². The van der Waals surface area contributed by atoms with Gasteiger partial charge in [-0.15, -0.1) is 0 Å². The minimum absolute atomic E-state index is 0.991. The second-order valence-electron chi connectivity index (χ2n) is 3.45. The summed E-state index contributed by atoms with van der Waals surface area (Å²) in [6, 6.07) is 0. The molecule has 2 heterocycles. The molecule has 70 valence electrons. The third-order valence-electron chi connectivity index (χ3n) is 2.60. The fraction of sp³-hybridized carbons (Fsp3) is 0.300. The SMILES string of the molecule is c1cn(-c2ncnc3c2CCC3)cn1. The van der Waals surface area contributed by atoms with E-state index in [4.69, 9.17) is 0 Å². The Labute approximate surface area is 81.7 Å². The number of fused-ring (bicyclic) bond motifs is 1. The summed E-state index contributed by atoms with van der Waals surface area (Å²) < 4.78 is 1.95. The molecule has 0 aliphatic heterocycles. The number of nitrogens with zero attached hydrogens (tertiary/aromatic N) is 4. The van der Waals surface area contributed by atoms with Crippen LogP contribution in [0.15, 0.2) is 25.0 Å². The van der Waals surface area contributed by atoms with E-state index in [1.807, 2.05) is 10.8 Å². The number of imidazole rings is 1. The Morgan fingerprint density at radius 2 is 2.21 bits per heavy atom. The Morgan fingerprint density at radius 3 is 3.07 bits per heavy atom. The van der Waals surface area contributed by atoms with Crippen molar-refractivity contribution in [2.75, 3.05) is 0 Å². The first-order valence-electron chi connectivity index (χ1n) is 4.76. The van der Waals surface area contributed by atoms with Crippen LogP contribution in [0.3, 0.4) is 0 Å². The van der Waals surface area contributed by atoms with Gasteiger partial charge in [-0.25, -0.2) is 15.0 Å². The number of aromatic nitrogens is 4. The molecule has 4 heteroatoms. The van der Waals surface area contributed by atoms with Crippen LogP contribution in [0.25, 0.3) is 5.82 Å². The van der Waals surface area contributed by atoms with E-state index in [0.717, 1.165) is 18.7 Å². The largest absolute Gasteiger partial charge is 0.290 e. The zero-order chi connectivity index (χ0) is 9.38. The highest BCUT2D eigenvalue weighted by molar-refractivity contribution is 5.39. The smallest absolute Gasteiger partial charge is 0.144 e. The number of hydrogen-bond donors (Lipinski definition) is 0. The Balaban J connectivity index is 2.20. The van der Waals surface area contributed by atoms with E-state index in [0.29, 0.717) is 0 Å². The molecule has 0 unspecified atom stereocenters. The molecule has 0 spiro atoms. The predicted octanol–water partition coefficient (Wildman–Crippen LogP) is 1.15. The van der Waals surface area contributed by atoms with Crippen molar-refractivity contribution >= 4 is 0 Å². The molecule has 0 N–H and O–H groups in total. The molecule has 0 atom stereocenters. The lowest BCUT2D eigenvalue weighted by atomic mass is 10.2. The number of rotatable bonds is 1. The van der Waals surface area contributed by atoms with E-state index >= 15 is 0 Å². The molecule has 1 aliphatic rings. The van der Waals surface area contributed by atoms with Crippen LogP contribution >= 0.6 is 0 Å². The molecule has 0 amide bonds. The van der Waals surface area contributed by atoms with E-state index in [-0.39, 0.29) is 0 Å². The highest BCUT2D eigenvalue weighted by Gasteiger charge is 2.17. The topological polar surface area (TPSA) is 43.6 Å². The summed E-state index contributed by atoms with van der Waals surface area (Å²) in [6.07, 6.45) is 10.5. The van der Waals surface area contributed by atoms with E-state index in [9.17, 15) is 0 Å². The summed E-state index contributed by atoms with van der Waals surface area (Å²) >= 11 is 0. The quantitative estimate of drug-likeness (QED) is 0.671. The Morgan fingerprint density at radius 1 is 1.21 bits per heavy atom. The Kier molecular flexibility index (Phi) is 1.59. The molecular formula is C10H10N4. The fourth-order valence-electron chi connectivity index (χ4n) is 1.95. The normalized spacial score (nSPS) is 14.3. The molecule has 14 heavy (non-hydrogen) atoms. The highest BCUT2D eigenvalue weighted by atomic mass is 15.1. The predicted molar refractivity (Wildman–Crippen MR) is 51.2 cm³/mol. The van der Waals surface area contributed by atoms with Gasteiger partial charge in [0.25, 0.3) is 0 Å². The summed E-state index contributed by atoms with van der Waals surface area (Å²) in [5, 5.41) is 0. The van der Waals surface area contributed by atoms with Gasteiger partial charge in [-0.1, -0.05) is 0 Å². The van der Waals surface area contributed by atoms with Crippen LogP contribution in [0.1, 0.15) is 17.7 Å². The molecular weight excluding hydrogens is 176 g/mol. The van der Waals surface area contributed by atoms with Crippen molar-refractivity contribution in [3.05, 3.63) is 36.3 Å². The van der Waals surface area contributed by atoms with Crippen LogP contribution in [0, 0.1) is 0 Å².